The minimum Gasteiger partial charge on any atom is -0.481 e. The zero-order valence-electron chi connectivity index (χ0n) is 19.6. The molecule has 37 heavy (non-hydrogen) atoms. The Balaban J connectivity index is 1.65. The summed E-state index contributed by atoms with van der Waals surface area (Å²) in [5.41, 5.74) is 3.88. The number of rotatable bonds is 11. The zero-order chi connectivity index (χ0) is 26.5. The molecule has 2 aromatic heterocycles. The molecule has 0 radical (unpaired) electrons. The molecular formula is C23H24ClN5O8. The molecule has 0 aliphatic carbocycles. The third kappa shape index (κ3) is 6.31. The molecule has 1 aliphatic heterocycles. The van der Waals surface area contributed by atoms with Gasteiger partial charge in [-0.25, -0.2) is 10.2 Å². The molecule has 196 valence electrons. The summed E-state index contributed by atoms with van der Waals surface area (Å²) in [5, 5.41) is 23.6. The molecule has 0 saturated carbocycles. The number of carbonyl (C=O) groups excluding carboxylic acids is 1. The number of hydrogen-bond acceptors (Lipinski definition) is 10. The second-order valence-electron chi connectivity index (χ2n) is 8.44. The highest BCUT2D eigenvalue weighted by Crippen LogP contribution is 2.44. The molecule has 0 unspecified atom stereocenters. The highest BCUT2D eigenvalue weighted by molar-refractivity contribution is 6.28. The molecule has 14 heteroatoms. The van der Waals surface area contributed by atoms with E-state index in [1.165, 1.54) is 17.8 Å². The summed E-state index contributed by atoms with van der Waals surface area (Å²) in [5.74, 6) is -4.24. The fourth-order valence-electron chi connectivity index (χ4n) is 4.33. The van der Waals surface area contributed by atoms with Crippen molar-refractivity contribution < 1.29 is 38.9 Å². The van der Waals surface area contributed by atoms with Crippen LogP contribution in [0.15, 0.2) is 36.5 Å². The molecule has 1 fully saturated rings. The lowest BCUT2D eigenvalue weighted by atomic mass is 9.84. The second kappa shape index (κ2) is 11.5. The van der Waals surface area contributed by atoms with Gasteiger partial charge in [0.25, 0.3) is 0 Å². The number of ether oxygens (including phenoxy) is 2. The van der Waals surface area contributed by atoms with E-state index in [0.29, 0.717) is 5.39 Å². The molecule has 1 aliphatic rings. The lowest BCUT2D eigenvalue weighted by molar-refractivity contribution is -0.147. The number of carbonyl (C=O) groups is 3. The van der Waals surface area contributed by atoms with Crippen LogP contribution in [0.4, 0.5) is 5.82 Å². The number of esters is 1. The van der Waals surface area contributed by atoms with E-state index >= 15 is 0 Å². The van der Waals surface area contributed by atoms with Crippen molar-refractivity contribution in [1.82, 2.24) is 19.7 Å². The monoisotopic (exact) mass is 533 g/mol. The Hall–Kier alpha value is -3.81. The number of anilines is 1. The van der Waals surface area contributed by atoms with Gasteiger partial charge in [-0.1, -0.05) is 30.3 Å². The van der Waals surface area contributed by atoms with E-state index in [0.717, 1.165) is 5.56 Å². The van der Waals surface area contributed by atoms with Gasteiger partial charge < -0.3 is 19.7 Å². The maximum Gasteiger partial charge on any atom is 0.303 e. The number of carboxylic acid groups (broad SMARTS) is 2. The highest BCUT2D eigenvalue weighted by Gasteiger charge is 2.48. The zero-order valence-corrected chi connectivity index (χ0v) is 20.4. The second-order valence-corrected chi connectivity index (χ2v) is 8.77. The van der Waals surface area contributed by atoms with Crippen LogP contribution in [0.3, 0.4) is 0 Å². The van der Waals surface area contributed by atoms with Gasteiger partial charge in [-0.2, -0.15) is 15.1 Å². The van der Waals surface area contributed by atoms with E-state index in [9.17, 15) is 24.6 Å². The summed E-state index contributed by atoms with van der Waals surface area (Å²) in [6.45, 7) is 1.20. The Morgan fingerprint density at radius 1 is 1.11 bits per heavy atom. The van der Waals surface area contributed by atoms with Crippen molar-refractivity contribution in [3.8, 4) is 0 Å². The Bertz CT molecular complexity index is 1290. The number of hydrogen-bond donors (Lipinski definition) is 3. The number of carboxylic acids is 2. The van der Waals surface area contributed by atoms with Crippen molar-refractivity contribution in [2.75, 3.05) is 12.1 Å². The summed E-state index contributed by atoms with van der Waals surface area (Å²) < 4.78 is 12.4. The molecule has 4 rings (SSSR count). The average molecular weight is 534 g/mol. The number of nitrogens with one attached hydrogen (secondary N) is 1. The summed E-state index contributed by atoms with van der Waals surface area (Å²) in [4.78, 5) is 48.6. The van der Waals surface area contributed by atoms with Gasteiger partial charge in [0.05, 0.1) is 37.1 Å². The van der Waals surface area contributed by atoms with Gasteiger partial charge in [0.2, 0.25) is 5.28 Å². The van der Waals surface area contributed by atoms with Crippen molar-refractivity contribution >= 4 is 46.4 Å². The lowest BCUT2D eigenvalue weighted by Gasteiger charge is -2.21. The van der Waals surface area contributed by atoms with E-state index in [2.05, 4.69) is 20.5 Å². The number of aliphatic carboxylic acids is 2. The molecule has 1 aromatic carbocycles. The molecular weight excluding hydrogens is 510 g/mol. The predicted molar refractivity (Wildman–Crippen MR) is 127 cm³/mol. The first-order valence-electron chi connectivity index (χ1n) is 11.3. The van der Waals surface area contributed by atoms with Gasteiger partial charge in [0.1, 0.15) is 6.61 Å². The highest BCUT2D eigenvalue weighted by atomic mass is 35.5. The van der Waals surface area contributed by atoms with E-state index < -0.39 is 54.9 Å². The summed E-state index contributed by atoms with van der Waals surface area (Å²) in [6.07, 6.45) is -1.27. The first kappa shape index (κ1) is 26.3. The maximum absolute atomic E-state index is 11.7. The van der Waals surface area contributed by atoms with Crippen LogP contribution in [0, 0.1) is 11.8 Å². The molecule has 0 amide bonds. The maximum atomic E-state index is 11.7. The van der Waals surface area contributed by atoms with Crippen LogP contribution in [-0.4, -0.2) is 60.6 Å². The Kier molecular flexibility index (Phi) is 8.16. The molecule has 13 nitrogen and oxygen atoms in total. The number of nitrogens with zero attached hydrogens (tertiary/aromatic N) is 4. The number of halogens is 1. The molecule has 1 saturated heterocycles. The first-order chi connectivity index (χ1) is 17.7. The van der Waals surface area contributed by atoms with Crippen LogP contribution in [-0.2, 0) is 35.3 Å². The third-order valence-electron chi connectivity index (χ3n) is 5.90. The van der Waals surface area contributed by atoms with Gasteiger partial charge in [-0.15, -0.1) is 0 Å². The third-order valence-corrected chi connectivity index (χ3v) is 6.07. The molecule has 0 spiro atoms. The van der Waals surface area contributed by atoms with Gasteiger partial charge in [0, 0.05) is 18.8 Å². The van der Waals surface area contributed by atoms with Crippen molar-refractivity contribution in [1.29, 1.82) is 0 Å². The molecule has 4 atom stereocenters. The normalized spacial score (nSPS) is 21.1. The SMILES string of the molecule is CC(=O)OC[C@@H]1O[C@@H](n2ncc3c(NOCc4ccccc4)nc(Cl)nc32)[C@H](CC(=O)O)[C@H]1CC(=O)O. The Labute approximate surface area is 215 Å². The lowest BCUT2D eigenvalue weighted by Crippen LogP contribution is -2.29. The largest absolute Gasteiger partial charge is 0.481 e. The molecule has 0 bridgehead atoms. The minimum absolute atomic E-state index is 0.133. The van der Waals surface area contributed by atoms with E-state index in [1.54, 1.807) is 0 Å². The number of aromatic nitrogens is 4. The van der Waals surface area contributed by atoms with E-state index in [1.807, 2.05) is 30.3 Å². The van der Waals surface area contributed by atoms with Crippen LogP contribution in [0.1, 0.15) is 31.6 Å². The fraction of sp³-hybridized carbons (Fsp3) is 0.391. The van der Waals surface area contributed by atoms with Crippen molar-refractivity contribution in [2.24, 2.45) is 11.8 Å². The van der Waals surface area contributed by atoms with E-state index in [4.69, 9.17) is 25.9 Å². The number of fused-ring (bicyclic) bond motifs is 1. The predicted octanol–water partition coefficient (Wildman–Crippen LogP) is 2.67. The smallest absolute Gasteiger partial charge is 0.303 e. The average Bonchev–Trinajstić information content (AvgIpc) is 3.39. The summed E-state index contributed by atoms with van der Waals surface area (Å²) in [6, 6.07) is 9.43. The standard InChI is InChI=1S/C23H24ClN5O8/c1-12(30)35-11-17-14(7-18(31)32)15(8-19(33)34)22(37-17)29-21-16(9-25-29)20(26-23(24)27-21)28-36-10-13-5-3-2-4-6-13/h2-6,9,14-15,17,22H,7-8,10-11H2,1H3,(H,31,32)(H,33,34)(H,26,27,28)/t14-,15-,17+,22-/m1/s1. The van der Waals surface area contributed by atoms with Crippen LogP contribution >= 0.6 is 11.6 Å². The fourth-order valence-corrected chi connectivity index (χ4v) is 4.50. The van der Waals surface area contributed by atoms with Gasteiger partial charge in [-0.05, 0) is 17.2 Å². The Morgan fingerprint density at radius 3 is 2.49 bits per heavy atom. The topological polar surface area (TPSA) is 175 Å². The Morgan fingerprint density at radius 2 is 1.81 bits per heavy atom. The van der Waals surface area contributed by atoms with E-state index in [-0.39, 0.29) is 30.0 Å². The molecule has 3 aromatic rings. The molecule has 3 heterocycles. The van der Waals surface area contributed by atoms with Crippen molar-refractivity contribution in [3.63, 3.8) is 0 Å². The van der Waals surface area contributed by atoms with Gasteiger partial charge in [-0.3, -0.25) is 19.2 Å². The summed E-state index contributed by atoms with van der Waals surface area (Å²) in [7, 11) is 0. The first-order valence-corrected chi connectivity index (χ1v) is 11.7. The van der Waals surface area contributed by atoms with Gasteiger partial charge >= 0.3 is 17.9 Å². The van der Waals surface area contributed by atoms with Gasteiger partial charge in [0.15, 0.2) is 17.7 Å². The number of benzene rings is 1. The van der Waals surface area contributed by atoms with Crippen LogP contribution in [0.2, 0.25) is 5.28 Å². The van der Waals surface area contributed by atoms with Crippen LogP contribution < -0.4 is 5.48 Å². The van der Waals surface area contributed by atoms with Crippen molar-refractivity contribution in [2.45, 2.75) is 38.7 Å². The molecule has 3 N–H and O–H groups in total. The summed E-state index contributed by atoms with van der Waals surface area (Å²) >= 11 is 6.16. The van der Waals surface area contributed by atoms with Crippen LogP contribution in [0.25, 0.3) is 11.0 Å². The minimum atomic E-state index is -1.15. The van der Waals surface area contributed by atoms with Crippen molar-refractivity contribution in [3.05, 3.63) is 47.4 Å². The quantitative estimate of drug-likeness (QED) is 0.187. The van der Waals surface area contributed by atoms with Crippen LogP contribution in [0.5, 0.6) is 0 Å².